The zero-order chi connectivity index (χ0) is 21.8. The number of benzene rings is 2. The van der Waals surface area contributed by atoms with E-state index in [1.807, 2.05) is 17.0 Å². The van der Waals surface area contributed by atoms with E-state index in [0.717, 1.165) is 25.4 Å². The number of carbonyl (C=O) groups is 3. The summed E-state index contributed by atoms with van der Waals surface area (Å²) in [4.78, 5) is 42.9. The van der Waals surface area contributed by atoms with Gasteiger partial charge in [-0.1, -0.05) is 24.3 Å². The molecular weight excluding hydrogens is 394 g/mol. The Labute approximate surface area is 182 Å². The molecule has 1 saturated heterocycles. The van der Waals surface area contributed by atoms with Crippen LogP contribution in [-0.2, 0) is 11.3 Å². The highest BCUT2D eigenvalue weighted by molar-refractivity contribution is 6.21. The number of hydrogen-bond acceptors (Lipinski definition) is 5. The Kier molecular flexibility index (Phi) is 6.32. The number of methoxy groups -OCH3 is 1. The van der Waals surface area contributed by atoms with Gasteiger partial charge in [0.1, 0.15) is 5.75 Å². The van der Waals surface area contributed by atoms with Gasteiger partial charge in [0.25, 0.3) is 11.8 Å². The van der Waals surface area contributed by atoms with Gasteiger partial charge in [0.05, 0.1) is 18.2 Å². The molecule has 2 aliphatic heterocycles. The van der Waals surface area contributed by atoms with Crippen molar-refractivity contribution in [2.75, 3.05) is 39.8 Å². The first-order valence-corrected chi connectivity index (χ1v) is 10.6. The molecule has 2 aromatic rings. The fourth-order valence-electron chi connectivity index (χ4n) is 4.13. The standard InChI is InChI=1S/C24H27N3O4/c1-31-19-10-8-18(9-11-19)17-25-13-15-26(16-14-25)22(28)7-4-12-27-23(29)20-5-2-3-6-21(20)24(27)30/h2-3,5-6,8-11H,4,7,12-17H2,1H3. The lowest BCUT2D eigenvalue weighted by atomic mass is 10.1. The van der Waals surface area contributed by atoms with Crippen LogP contribution in [0.1, 0.15) is 39.1 Å². The molecule has 0 bridgehead atoms. The fourth-order valence-corrected chi connectivity index (χ4v) is 4.13. The maximum atomic E-state index is 12.6. The van der Waals surface area contributed by atoms with Gasteiger partial charge in [0, 0.05) is 45.7 Å². The van der Waals surface area contributed by atoms with Crippen LogP contribution in [0.3, 0.4) is 0 Å². The van der Waals surface area contributed by atoms with Crippen molar-refractivity contribution < 1.29 is 19.1 Å². The van der Waals surface area contributed by atoms with Crippen LogP contribution in [0, 0.1) is 0 Å². The summed E-state index contributed by atoms with van der Waals surface area (Å²) in [5, 5.41) is 0. The number of nitrogens with zero attached hydrogens (tertiary/aromatic N) is 3. The zero-order valence-electron chi connectivity index (χ0n) is 17.8. The van der Waals surface area contributed by atoms with Gasteiger partial charge in [0.2, 0.25) is 5.91 Å². The van der Waals surface area contributed by atoms with Crippen LogP contribution in [0.15, 0.2) is 48.5 Å². The van der Waals surface area contributed by atoms with Gasteiger partial charge in [-0.2, -0.15) is 0 Å². The fraction of sp³-hybridized carbons (Fsp3) is 0.375. The molecule has 31 heavy (non-hydrogen) atoms. The van der Waals surface area contributed by atoms with E-state index in [1.54, 1.807) is 31.4 Å². The van der Waals surface area contributed by atoms with Crippen LogP contribution < -0.4 is 4.74 Å². The third-order valence-electron chi connectivity index (χ3n) is 5.94. The number of rotatable bonds is 7. The number of fused-ring (bicyclic) bond motifs is 1. The van der Waals surface area contributed by atoms with Crippen LogP contribution >= 0.6 is 0 Å². The number of piperazine rings is 1. The van der Waals surface area contributed by atoms with Crippen molar-refractivity contribution >= 4 is 17.7 Å². The monoisotopic (exact) mass is 421 g/mol. The van der Waals surface area contributed by atoms with E-state index < -0.39 is 0 Å². The maximum absolute atomic E-state index is 12.6. The molecule has 1 fully saturated rings. The van der Waals surface area contributed by atoms with Crippen LogP contribution in [-0.4, -0.2) is 72.3 Å². The number of hydrogen-bond donors (Lipinski definition) is 0. The van der Waals surface area contributed by atoms with Crippen molar-refractivity contribution in [2.24, 2.45) is 0 Å². The Morgan fingerprint density at radius 1 is 0.903 bits per heavy atom. The van der Waals surface area contributed by atoms with Crippen molar-refractivity contribution in [2.45, 2.75) is 19.4 Å². The molecule has 7 heteroatoms. The lowest BCUT2D eigenvalue weighted by Gasteiger charge is -2.35. The number of carbonyl (C=O) groups excluding carboxylic acids is 3. The second kappa shape index (κ2) is 9.31. The van der Waals surface area contributed by atoms with Gasteiger partial charge in [-0.05, 0) is 36.2 Å². The van der Waals surface area contributed by atoms with Crippen LogP contribution in [0.4, 0.5) is 0 Å². The molecule has 3 amide bonds. The zero-order valence-corrected chi connectivity index (χ0v) is 17.8. The van der Waals surface area contributed by atoms with Crippen LogP contribution in [0.2, 0.25) is 0 Å². The average Bonchev–Trinajstić information content (AvgIpc) is 3.05. The van der Waals surface area contributed by atoms with Crippen molar-refractivity contribution in [3.05, 3.63) is 65.2 Å². The van der Waals surface area contributed by atoms with E-state index in [-0.39, 0.29) is 24.3 Å². The predicted octanol–water partition coefficient (Wildman–Crippen LogP) is 2.42. The highest BCUT2D eigenvalue weighted by Crippen LogP contribution is 2.23. The topological polar surface area (TPSA) is 70.2 Å². The number of ether oxygens (including phenoxy) is 1. The van der Waals surface area contributed by atoms with E-state index in [2.05, 4.69) is 17.0 Å². The van der Waals surface area contributed by atoms with E-state index in [0.29, 0.717) is 37.1 Å². The van der Waals surface area contributed by atoms with Gasteiger partial charge in [-0.15, -0.1) is 0 Å². The molecule has 0 atom stereocenters. The van der Waals surface area contributed by atoms with Crippen LogP contribution in [0.25, 0.3) is 0 Å². The predicted molar refractivity (Wildman–Crippen MR) is 116 cm³/mol. The minimum Gasteiger partial charge on any atom is -0.497 e. The summed E-state index contributed by atoms with van der Waals surface area (Å²) in [5.74, 6) is 0.404. The van der Waals surface area contributed by atoms with Crippen molar-refractivity contribution in [3.8, 4) is 5.75 Å². The summed E-state index contributed by atoms with van der Waals surface area (Å²) < 4.78 is 5.19. The molecule has 0 spiro atoms. The third kappa shape index (κ3) is 4.61. The molecule has 2 heterocycles. The molecule has 7 nitrogen and oxygen atoms in total. The third-order valence-corrected chi connectivity index (χ3v) is 5.94. The van der Waals surface area contributed by atoms with Gasteiger partial charge in [0.15, 0.2) is 0 Å². The highest BCUT2D eigenvalue weighted by atomic mass is 16.5. The summed E-state index contributed by atoms with van der Waals surface area (Å²) in [6, 6.07) is 14.9. The summed E-state index contributed by atoms with van der Waals surface area (Å²) in [7, 11) is 1.66. The van der Waals surface area contributed by atoms with Gasteiger partial charge in [-0.25, -0.2) is 0 Å². The highest BCUT2D eigenvalue weighted by Gasteiger charge is 2.34. The Hall–Kier alpha value is -3.19. The van der Waals surface area contributed by atoms with E-state index in [9.17, 15) is 14.4 Å². The molecule has 0 aliphatic carbocycles. The molecule has 162 valence electrons. The second-order valence-electron chi connectivity index (χ2n) is 7.92. The Morgan fingerprint density at radius 2 is 1.52 bits per heavy atom. The summed E-state index contributed by atoms with van der Waals surface area (Å²) in [5.41, 5.74) is 2.13. The first kappa shape index (κ1) is 21.1. The van der Waals surface area contributed by atoms with E-state index >= 15 is 0 Å². The Morgan fingerprint density at radius 3 is 2.10 bits per heavy atom. The first-order chi connectivity index (χ1) is 15.1. The van der Waals surface area contributed by atoms with Crippen molar-refractivity contribution in [1.29, 1.82) is 0 Å². The molecule has 0 unspecified atom stereocenters. The quantitative estimate of drug-likeness (QED) is 0.642. The largest absolute Gasteiger partial charge is 0.497 e. The SMILES string of the molecule is COc1ccc(CN2CCN(C(=O)CCCN3C(=O)c4ccccc4C3=O)CC2)cc1. The van der Waals surface area contributed by atoms with Crippen molar-refractivity contribution in [1.82, 2.24) is 14.7 Å². The van der Waals surface area contributed by atoms with E-state index in [1.165, 1.54) is 10.5 Å². The lowest BCUT2D eigenvalue weighted by Crippen LogP contribution is -2.48. The molecule has 4 rings (SSSR count). The second-order valence-corrected chi connectivity index (χ2v) is 7.92. The molecule has 0 aromatic heterocycles. The number of amides is 3. The minimum atomic E-state index is -0.264. The molecule has 0 radical (unpaired) electrons. The average molecular weight is 421 g/mol. The number of imide groups is 1. The lowest BCUT2D eigenvalue weighted by molar-refractivity contribution is -0.133. The molecule has 2 aliphatic rings. The molecule has 0 saturated carbocycles. The first-order valence-electron chi connectivity index (χ1n) is 10.6. The maximum Gasteiger partial charge on any atom is 0.261 e. The molecule has 2 aromatic carbocycles. The smallest absolute Gasteiger partial charge is 0.261 e. The summed E-state index contributed by atoms with van der Waals surface area (Å²) in [6.07, 6.45) is 0.822. The van der Waals surface area contributed by atoms with Gasteiger partial charge in [-0.3, -0.25) is 24.2 Å². The van der Waals surface area contributed by atoms with Crippen LogP contribution in [0.5, 0.6) is 5.75 Å². The minimum absolute atomic E-state index is 0.0840. The molecule has 0 N–H and O–H groups in total. The normalized spacial score (nSPS) is 16.5. The van der Waals surface area contributed by atoms with Gasteiger partial charge >= 0.3 is 0 Å². The summed E-state index contributed by atoms with van der Waals surface area (Å²) in [6.45, 7) is 4.18. The molecular formula is C24H27N3O4. The summed E-state index contributed by atoms with van der Waals surface area (Å²) >= 11 is 0. The van der Waals surface area contributed by atoms with Crippen molar-refractivity contribution in [3.63, 3.8) is 0 Å². The van der Waals surface area contributed by atoms with E-state index in [4.69, 9.17) is 4.74 Å². The van der Waals surface area contributed by atoms with Gasteiger partial charge < -0.3 is 9.64 Å². The Bertz CT molecular complexity index is 930. The Balaban J connectivity index is 1.20.